The monoisotopic (exact) mass is 394 g/mol. The average molecular weight is 395 g/mol. The van der Waals surface area contributed by atoms with Gasteiger partial charge in [0.2, 0.25) is 11.8 Å². The van der Waals surface area contributed by atoms with E-state index in [1.165, 1.54) is 4.90 Å². The molecule has 2 fully saturated rings. The lowest BCUT2D eigenvalue weighted by Gasteiger charge is -2.34. The third kappa shape index (κ3) is 3.05. The zero-order valence-electron chi connectivity index (χ0n) is 13.2. The van der Waals surface area contributed by atoms with Crippen molar-refractivity contribution in [3.05, 3.63) is 28.7 Å². The second-order valence-corrected chi connectivity index (χ2v) is 7.02. The molecule has 0 aromatic heterocycles. The molecule has 2 atom stereocenters. The maximum atomic E-state index is 12.8. The van der Waals surface area contributed by atoms with E-state index in [9.17, 15) is 19.5 Å². The van der Waals surface area contributed by atoms with Crippen molar-refractivity contribution in [3.63, 3.8) is 0 Å². The van der Waals surface area contributed by atoms with Crippen LogP contribution in [0.3, 0.4) is 0 Å². The number of piperidine rings is 1. The Balaban J connectivity index is 1.78. The van der Waals surface area contributed by atoms with Gasteiger partial charge in [-0.05, 0) is 53.7 Å². The van der Waals surface area contributed by atoms with Crippen molar-refractivity contribution in [2.45, 2.75) is 31.7 Å². The standard InChI is InChI=1S/C17H19BrN2O4/c18-12-5-1-2-6-13(12)20-10-8-11(16(20)22)15(21)19-9-4-3-7-14(19)17(23)24/h1-2,5-6,11,14H,3-4,7-10H2,(H,23,24)/t11?,14-/m1/s1. The van der Waals surface area contributed by atoms with Gasteiger partial charge in [-0.2, -0.15) is 0 Å². The van der Waals surface area contributed by atoms with Crippen molar-refractivity contribution < 1.29 is 19.5 Å². The molecule has 128 valence electrons. The van der Waals surface area contributed by atoms with Gasteiger partial charge in [0.05, 0.1) is 5.69 Å². The van der Waals surface area contributed by atoms with Gasteiger partial charge in [-0.3, -0.25) is 9.59 Å². The Morgan fingerprint density at radius 1 is 1.12 bits per heavy atom. The van der Waals surface area contributed by atoms with Crippen molar-refractivity contribution in [2.24, 2.45) is 5.92 Å². The number of anilines is 1. The molecular weight excluding hydrogens is 376 g/mol. The SMILES string of the molecule is O=C(O)[C@H]1CCCCN1C(=O)C1CCN(c2ccccc2Br)C1=O. The molecule has 1 N–H and O–H groups in total. The van der Waals surface area contributed by atoms with Gasteiger partial charge < -0.3 is 14.9 Å². The molecule has 0 spiro atoms. The van der Waals surface area contributed by atoms with Gasteiger partial charge in [-0.1, -0.05) is 12.1 Å². The molecule has 1 aromatic carbocycles. The summed E-state index contributed by atoms with van der Waals surface area (Å²) in [7, 11) is 0. The van der Waals surface area contributed by atoms with Crippen LogP contribution in [0, 0.1) is 5.92 Å². The second kappa shape index (κ2) is 6.93. The van der Waals surface area contributed by atoms with Crippen LogP contribution in [0.15, 0.2) is 28.7 Å². The van der Waals surface area contributed by atoms with Gasteiger partial charge in [-0.25, -0.2) is 4.79 Å². The van der Waals surface area contributed by atoms with Gasteiger partial charge >= 0.3 is 5.97 Å². The predicted molar refractivity (Wildman–Crippen MR) is 91.6 cm³/mol. The first-order chi connectivity index (χ1) is 11.5. The summed E-state index contributed by atoms with van der Waals surface area (Å²) in [6, 6.07) is 6.57. The number of halogens is 1. The molecule has 0 saturated carbocycles. The summed E-state index contributed by atoms with van der Waals surface area (Å²) in [6.07, 6.45) is 2.45. The molecule has 7 heteroatoms. The van der Waals surface area contributed by atoms with Crippen molar-refractivity contribution in [1.82, 2.24) is 4.90 Å². The van der Waals surface area contributed by atoms with E-state index in [-0.39, 0.29) is 11.8 Å². The summed E-state index contributed by atoms with van der Waals surface area (Å²) >= 11 is 3.43. The fourth-order valence-electron chi connectivity index (χ4n) is 3.47. The number of carbonyl (C=O) groups is 3. The number of nitrogens with zero attached hydrogens (tertiary/aromatic N) is 2. The summed E-state index contributed by atoms with van der Waals surface area (Å²) < 4.78 is 0.799. The van der Waals surface area contributed by atoms with Crippen LogP contribution >= 0.6 is 15.9 Å². The van der Waals surface area contributed by atoms with Gasteiger partial charge in [0, 0.05) is 17.6 Å². The highest BCUT2D eigenvalue weighted by molar-refractivity contribution is 9.10. The third-order valence-electron chi connectivity index (χ3n) is 4.72. The number of aliphatic carboxylic acids is 1. The maximum Gasteiger partial charge on any atom is 0.326 e. The van der Waals surface area contributed by atoms with Gasteiger partial charge in [0.1, 0.15) is 12.0 Å². The molecule has 0 bridgehead atoms. The van der Waals surface area contributed by atoms with Crippen LogP contribution in [0.1, 0.15) is 25.7 Å². The lowest BCUT2D eigenvalue weighted by atomic mass is 9.98. The van der Waals surface area contributed by atoms with E-state index >= 15 is 0 Å². The Bertz CT molecular complexity index is 678. The second-order valence-electron chi connectivity index (χ2n) is 6.16. The first-order valence-electron chi connectivity index (χ1n) is 8.10. The molecule has 2 amide bonds. The fourth-order valence-corrected chi connectivity index (χ4v) is 3.97. The Morgan fingerprint density at radius 3 is 2.58 bits per heavy atom. The number of carbonyl (C=O) groups excluding carboxylic acids is 2. The number of amides is 2. The molecule has 6 nitrogen and oxygen atoms in total. The number of benzene rings is 1. The minimum Gasteiger partial charge on any atom is -0.480 e. The van der Waals surface area contributed by atoms with Crippen LogP contribution in [0.2, 0.25) is 0 Å². The molecule has 0 radical (unpaired) electrons. The molecule has 0 aliphatic carbocycles. The molecule has 2 heterocycles. The van der Waals surface area contributed by atoms with Crippen LogP contribution in [-0.4, -0.2) is 46.9 Å². The van der Waals surface area contributed by atoms with E-state index in [4.69, 9.17) is 0 Å². The Labute approximate surface area is 148 Å². The van der Waals surface area contributed by atoms with E-state index in [0.29, 0.717) is 25.9 Å². The average Bonchev–Trinajstić information content (AvgIpc) is 2.96. The summed E-state index contributed by atoms with van der Waals surface area (Å²) in [5.41, 5.74) is 0.742. The third-order valence-corrected chi connectivity index (χ3v) is 5.39. The van der Waals surface area contributed by atoms with Crippen LogP contribution in [0.5, 0.6) is 0 Å². The molecule has 2 saturated heterocycles. The number of para-hydroxylation sites is 1. The molecule has 3 rings (SSSR count). The number of likely N-dealkylation sites (tertiary alicyclic amines) is 1. The highest BCUT2D eigenvalue weighted by atomic mass is 79.9. The van der Waals surface area contributed by atoms with Gasteiger partial charge in [0.25, 0.3) is 0 Å². The topological polar surface area (TPSA) is 77.9 Å². The smallest absolute Gasteiger partial charge is 0.326 e. The number of hydrogen-bond donors (Lipinski definition) is 1. The van der Waals surface area contributed by atoms with Crippen LogP contribution in [0.25, 0.3) is 0 Å². The summed E-state index contributed by atoms with van der Waals surface area (Å²) in [6.45, 7) is 0.873. The van der Waals surface area contributed by atoms with Crippen molar-refractivity contribution in [3.8, 4) is 0 Å². The minimum atomic E-state index is -0.990. The van der Waals surface area contributed by atoms with E-state index < -0.39 is 17.9 Å². The summed E-state index contributed by atoms with van der Waals surface area (Å²) in [5.74, 6) is -2.36. The van der Waals surface area contributed by atoms with Gasteiger partial charge in [0.15, 0.2) is 0 Å². The molecule has 2 aliphatic heterocycles. The number of carboxylic acids is 1. The first-order valence-corrected chi connectivity index (χ1v) is 8.89. The van der Waals surface area contributed by atoms with Crippen LogP contribution in [0.4, 0.5) is 5.69 Å². The quantitative estimate of drug-likeness (QED) is 0.797. The fraction of sp³-hybridized carbons (Fsp3) is 0.471. The highest BCUT2D eigenvalue weighted by Crippen LogP contribution is 2.33. The molecule has 2 aliphatic rings. The normalized spacial score (nSPS) is 24.3. The zero-order valence-corrected chi connectivity index (χ0v) is 14.7. The number of rotatable bonds is 3. The highest BCUT2D eigenvalue weighted by Gasteiger charge is 2.43. The lowest BCUT2D eigenvalue weighted by molar-refractivity contribution is -0.155. The Kier molecular flexibility index (Phi) is 4.89. The van der Waals surface area contributed by atoms with E-state index in [1.807, 2.05) is 24.3 Å². The minimum absolute atomic E-state index is 0.249. The van der Waals surface area contributed by atoms with Crippen LogP contribution < -0.4 is 4.90 Å². The number of carboxylic acid groups (broad SMARTS) is 1. The molecule has 1 unspecified atom stereocenters. The number of hydrogen-bond acceptors (Lipinski definition) is 3. The summed E-state index contributed by atoms with van der Waals surface area (Å²) in [4.78, 5) is 39.9. The van der Waals surface area contributed by atoms with E-state index in [0.717, 1.165) is 23.0 Å². The van der Waals surface area contributed by atoms with Gasteiger partial charge in [-0.15, -0.1) is 0 Å². The van der Waals surface area contributed by atoms with Crippen LogP contribution in [-0.2, 0) is 14.4 Å². The largest absolute Gasteiger partial charge is 0.480 e. The van der Waals surface area contributed by atoms with Crippen molar-refractivity contribution in [2.75, 3.05) is 18.0 Å². The van der Waals surface area contributed by atoms with E-state index in [2.05, 4.69) is 15.9 Å². The van der Waals surface area contributed by atoms with Crippen molar-refractivity contribution in [1.29, 1.82) is 0 Å². The Hall–Kier alpha value is -1.89. The molecule has 1 aromatic rings. The maximum absolute atomic E-state index is 12.8. The first kappa shape index (κ1) is 17.0. The summed E-state index contributed by atoms with van der Waals surface area (Å²) in [5, 5.41) is 9.34. The van der Waals surface area contributed by atoms with E-state index in [1.54, 1.807) is 4.90 Å². The van der Waals surface area contributed by atoms with Crippen molar-refractivity contribution >= 4 is 39.4 Å². The lowest BCUT2D eigenvalue weighted by Crippen LogP contribution is -2.51. The Morgan fingerprint density at radius 2 is 1.88 bits per heavy atom. The molecular formula is C17H19BrN2O4. The zero-order chi connectivity index (χ0) is 17.3. The molecule has 24 heavy (non-hydrogen) atoms. The predicted octanol–water partition coefficient (Wildman–Crippen LogP) is 2.27.